The summed E-state index contributed by atoms with van der Waals surface area (Å²) in [6.07, 6.45) is 1.71. The first-order chi connectivity index (χ1) is 9.60. The SMILES string of the molecule is Cn1c(C=O)cc2cc(C3CCC(=O)NC3=O)ccc21. The molecule has 5 nitrogen and oxygen atoms in total. The van der Waals surface area contributed by atoms with Crippen molar-refractivity contribution in [3.8, 4) is 0 Å². The summed E-state index contributed by atoms with van der Waals surface area (Å²) in [6.45, 7) is 0. The minimum atomic E-state index is -0.294. The Morgan fingerprint density at radius 2 is 2.10 bits per heavy atom. The molecule has 1 aromatic heterocycles. The Morgan fingerprint density at radius 1 is 1.30 bits per heavy atom. The molecule has 0 aliphatic carbocycles. The highest BCUT2D eigenvalue weighted by Crippen LogP contribution is 2.28. The molecular formula is C15H14N2O3. The van der Waals surface area contributed by atoms with Crippen LogP contribution in [-0.4, -0.2) is 22.7 Å². The summed E-state index contributed by atoms with van der Waals surface area (Å²) in [5, 5.41) is 3.29. The van der Waals surface area contributed by atoms with E-state index in [1.165, 1.54) is 0 Å². The zero-order valence-electron chi connectivity index (χ0n) is 11.1. The van der Waals surface area contributed by atoms with Crippen molar-refractivity contribution in [1.82, 2.24) is 9.88 Å². The number of carbonyl (C=O) groups is 3. The Hall–Kier alpha value is -2.43. The number of carbonyl (C=O) groups excluding carboxylic acids is 3. The maximum absolute atomic E-state index is 11.9. The molecule has 1 unspecified atom stereocenters. The number of amides is 2. The highest BCUT2D eigenvalue weighted by molar-refractivity contribution is 6.01. The van der Waals surface area contributed by atoms with Gasteiger partial charge in [-0.25, -0.2) is 0 Å². The number of imide groups is 1. The van der Waals surface area contributed by atoms with Crippen LogP contribution in [-0.2, 0) is 16.6 Å². The molecule has 1 aromatic carbocycles. The maximum Gasteiger partial charge on any atom is 0.234 e. The molecule has 5 heteroatoms. The lowest BCUT2D eigenvalue weighted by Gasteiger charge is -2.21. The summed E-state index contributed by atoms with van der Waals surface area (Å²) < 4.78 is 1.82. The highest BCUT2D eigenvalue weighted by Gasteiger charge is 2.28. The molecule has 1 saturated heterocycles. The second-order valence-electron chi connectivity index (χ2n) is 5.07. The predicted molar refractivity (Wildman–Crippen MR) is 73.4 cm³/mol. The topological polar surface area (TPSA) is 68.2 Å². The lowest BCUT2D eigenvalue weighted by molar-refractivity contribution is -0.134. The fraction of sp³-hybridized carbons (Fsp3) is 0.267. The van der Waals surface area contributed by atoms with Gasteiger partial charge < -0.3 is 4.57 Å². The van der Waals surface area contributed by atoms with Crippen molar-refractivity contribution in [3.63, 3.8) is 0 Å². The number of benzene rings is 1. The van der Waals surface area contributed by atoms with E-state index in [1.54, 1.807) is 6.07 Å². The van der Waals surface area contributed by atoms with Gasteiger partial charge in [-0.15, -0.1) is 0 Å². The third kappa shape index (κ3) is 1.91. The Morgan fingerprint density at radius 3 is 2.80 bits per heavy atom. The first kappa shape index (κ1) is 12.6. The number of piperidine rings is 1. The molecule has 0 saturated carbocycles. The average molecular weight is 270 g/mol. The summed E-state index contributed by atoms with van der Waals surface area (Å²) in [5.41, 5.74) is 2.43. The van der Waals surface area contributed by atoms with Crippen LogP contribution in [0, 0.1) is 0 Å². The smallest absolute Gasteiger partial charge is 0.234 e. The second kappa shape index (κ2) is 4.59. The van der Waals surface area contributed by atoms with E-state index in [4.69, 9.17) is 0 Å². The van der Waals surface area contributed by atoms with Gasteiger partial charge in [-0.05, 0) is 30.2 Å². The van der Waals surface area contributed by atoms with Crippen LogP contribution in [0.4, 0.5) is 0 Å². The minimum absolute atomic E-state index is 0.213. The number of hydrogen-bond acceptors (Lipinski definition) is 3. The third-order valence-corrected chi connectivity index (χ3v) is 3.87. The van der Waals surface area contributed by atoms with E-state index in [2.05, 4.69) is 5.32 Å². The Kier molecular flexibility index (Phi) is 2.89. The van der Waals surface area contributed by atoms with Crippen LogP contribution in [0.3, 0.4) is 0 Å². The average Bonchev–Trinajstić information content (AvgIpc) is 2.75. The first-order valence-corrected chi connectivity index (χ1v) is 6.48. The van der Waals surface area contributed by atoms with Crippen LogP contribution in [0.2, 0.25) is 0 Å². The quantitative estimate of drug-likeness (QED) is 0.664. The van der Waals surface area contributed by atoms with Gasteiger partial charge in [0.25, 0.3) is 0 Å². The van der Waals surface area contributed by atoms with Crippen molar-refractivity contribution in [3.05, 3.63) is 35.5 Å². The molecule has 102 valence electrons. The predicted octanol–water partition coefficient (Wildman–Crippen LogP) is 1.51. The van der Waals surface area contributed by atoms with E-state index in [9.17, 15) is 14.4 Å². The number of aldehydes is 1. The Balaban J connectivity index is 2.03. The number of rotatable bonds is 2. The van der Waals surface area contributed by atoms with Gasteiger partial charge in [-0.3, -0.25) is 19.7 Å². The summed E-state index contributed by atoms with van der Waals surface area (Å²) in [5.74, 6) is -0.751. The molecule has 3 rings (SSSR count). The van der Waals surface area contributed by atoms with Gasteiger partial charge in [0.05, 0.1) is 11.6 Å². The van der Waals surface area contributed by atoms with Gasteiger partial charge in [-0.1, -0.05) is 6.07 Å². The van der Waals surface area contributed by atoms with Crippen molar-refractivity contribution in [2.75, 3.05) is 0 Å². The lowest BCUT2D eigenvalue weighted by Crippen LogP contribution is -2.39. The number of nitrogens with one attached hydrogen (secondary N) is 1. The summed E-state index contributed by atoms with van der Waals surface area (Å²) in [7, 11) is 1.83. The van der Waals surface area contributed by atoms with E-state index < -0.39 is 0 Å². The molecule has 0 spiro atoms. The van der Waals surface area contributed by atoms with Crippen LogP contribution in [0.25, 0.3) is 10.9 Å². The van der Waals surface area contributed by atoms with E-state index >= 15 is 0 Å². The van der Waals surface area contributed by atoms with Crippen LogP contribution < -0.4 is 5.32 Å². The van der Waals surface area contributed by atoms with Gasteiger partial charge in [0.15, 0.2) is 6.29 Å². The summed E-state index contributed by atoms with van der Waals surface area (Å²) in [6, 6.07) is 7.51. The van der Waals surface area contributed by atoms with Crippen LogP contribution in [0.15, 0.2) is 24.3 Å². The van der Waals surface area contributed by atoms with Gasteiger partial charge in [0.2, 0.25) is 11.8 Å². The zero-order chi connectivity index (χ0) is 14.3. The molecular weight excluding hydrogens is 256 g/mol. The molecule has 20 heavy (non-hydrogen) atoms. The highest BCUT2D eigenvalue weighted by atomic mass is 16.2. The Bertz CT molecular complexity index is 730. The zero-order valence-corrected chi connectivity index (χ0v) is 11.1. The standard InChI is InChI=1S/C15H14N2O3/c1-17-11(8-18)7-10-6-9(2-4-13(10)17)12-3-5-14(19)16-15(12)20/h2,4,6-8,12H,3,5H2,1H3,(H,16,19,20). The Labute approximate surface area is 115 Å². The van der Waals surface area contributed by atoms with Crippen LogP contribution in [0.1, 0.15) is 34.8 Å². The van der Waals surface area contributed by atoms with Gasteiger partial charge in [-0.2, -0.15) is 0 Å². The molecule has 0 radical (unpaired) electrons. The fourth-order valence-electron chi connectivity index (χ4n) is 2.73. The van der Waals surface area contributed by atoms with Crippen molar-refractivity contribution in [2.24, 2.45) is 7.05 Å². The molecule has 2 aromatic rings. The van der Waals surface area contributed by atoms with Crippen LogP contribution >= 0.6 is 0 Å². The number of aryl methyl sites for hydroxylation is 1. The van der Waals surface area contributed by atoms with Crippen molar-refractivity contribution in [1.29, 1.82) is 0 Å². The molecule has 1 aliphatic heterocycles. The van der Waals surface area contributed by atoms with Crippen molar-refractivity contribution in [2.45, 2.75) is 18.8 Å². The molecule has 1 atom stereocenters. The summed E-state index contributed by atoms with van der Waals surface area (Å²) >= 11 is 0. The van der Waals surface area contributed by atoms with Crippen LogP contribution in [0.5, 0.6) is 0 Å². The van der Waals surface area contributed by atoms with E-state index in [0.717, 1.165) is 22.8 Å². The molecule has 1 aliphatic rings. The van der Waals surface area contributed by atoms with E-state index in [1.807, 2.05) is 29.8 Å². The minimum Gasteiger partial charge on any atom is -0.341 e. The molecule has 0 bridgehead atoms. The first-order valence-electron chi connectivity index (χ1n) is 6.48. The monoisotopic (exact) mass is 270 g/mol. The number of hydrogen-bond donors (Lipinski definition) is 1. The van der Waals surface area contributed by atoms with Gasteiger partial charge in [0.1, 0.15) is 0 Å². The number of nitrogens with zero attached hydrogens (tertiary/aromatic N) is 1. The number of aromatic nitrogens is 1. The molecule has 2 heterocycles. The second-order valence-corrected chi connectivity index (χ2v) is 5.07. The van der Waals surface area contributed by atoms with E-state index in [0.29, 0.717) is 18.5 Å². The molecule has 1 fully saturated rings. The third-order valence-electron chi connectivity index (χ3n) is 3.87. The normalized spacial score (nSPS) is 19.1. The molecule has 1 N–H and O–H groups in total. The lowest BCUT2D eigenvalue weighted by atomic mass is 9.90. The van der Waals surface area contributed by atoms with Crippen molar-refractivity contribution >= 4 is 29.0 Å². The number of fused-ring (bicyclic) bond motifs is 1. The largest absolute Gasteiger partial charge is 0.341 e. The molecule has 2 amide bonds. The van der Waals surface area contributed by atoms with E-state index in [-0.39, 0.29) is 17.7 Å². The fourth-order valence-corrected chi connectivity index (χ4v) is 2.73. The van der Waals surface area contributed by atoms with Crippen molar-refractivity contribution < 1.29 is 14.4 Å². The van der Waals surface area contributed by atoms with Gasteiger partial charge in [0, 0.05) is 24.4 Å². The van der Waals surface area contributed by atoms with Gasteiger partial charge >= 0.3 is 0 Å². The summed E-state index contributed by atoms with van der Waals surface area (Å²) in [4.78, 5) is 34.0. The maximum atomic E-state index is 11.9.